The van der Waals surface area contributed by atoms with Crippen LogP contribution in [-0.2, 0) is 17.9 Å². The number of aromatic nitrogens is 1. The fourth-order valence-electron chi connectivity index (χ4n) is 8.99. The van der Waals surface area contributed by atoms with Gasteiger partial charge < -0.3 is 40.3 Å². The number of ether oxygens (including phenoxy) is 1. The van der Waals surface area contributed by atoms with Gasteiger partial charge in [-0.1, -0.05) is 60.7 Å². The van der Waals surface area contributed by atoms with Crippen molar-refractivity contribution in [3.8, 4) is 17.2 Å². The highest BCUT2D eigenvalue weighted by atomic mass is 16.6. The smallest absolute Gasteiger partial charge is 0.519 e. The van der Waals surface area contributed by atoms with Crippen molar-refractivity contribution in [3.63, 3.8) is 0 Å². The molecule has 5 N–H and O–H groups in total. The van der Waals surface area contributed by atoms with Crippen LogP contribution in [0.3, 0.4) is 0 Å². The Labute approximate surface area is 327 Å². The molecule has 10 nitrogen and oxygen atoms in total. The highest BCUT2D eigenvalue weighted by Crippen LogP contribution is 2.49. The van der Waals surface area contributed by atoms with Crippen molar-refractivity contribution < 1.29 is 23.6 Å². The van der Waals surface area contributed by atoms with E-state index in [0.717, 1.165) is 83.0 Å². The SMILES string of the molecule is CC1=C(CC(=O)N2CCC(c3cccc(CN)c3)CC2)COc2c1ccc1c2OB(c2cccc3[nH]c(C(=O)N4CCC(c5cccc(CN)c5)CC4)cc23)O1. The summed E-state index contributed by atoms with van der Waals surface area (Å²) in [5.41, 5.74) is 21.8. The number of nitrogens with zero attached hydrogens (tertiary/aromatic N) is 2. The summed E-state index contributed by atoms with van der Waals surface area (Å²) in [5.74, 6) is 2.78. The van der Waals surface area contributed by atoms with Crippen LogP contribution in [0.1, 0.15) is 89.2 Å². The molecule has 11 heteroatoms. The number of allylic oxidation sites excluding steroid dienone is 1. The molecular weight excluding hydrogens is 701 g/mol. The number of aromatic amines is 1. The molecule has 9 rings (SSSR count). The van der Waals surface area contributed by atoms with E-state index in [0.29, 0.717) is 74.0 Å². The number of carbonyl (C=O) groups excluding carboxylic acids is 2. The second-order valence-corrected chi connectivity index (χ2v) is 15.6. The molecule has 0 bridgehead atoms. The van der Waals surface area contributed by atoms with Crippen molar-refractivity contribution >= 4 is 40.9 Å². The van der Waals surface area contributed by atoms with Crippen LogP contribution in [0.5, 0.6) is 17.2 Å². The molecule has 2 saturated heterocycles. The number of nitrogens with one attached hydrogen (secondary N) is 1. The normalized spacial score (nSPS) is 17.4. The Bertz CT molecular complexity index is 2340. The second kappa shape index (κ2) is 15.2. The largest absolute Gasteiger partial charge is 0.633 e. The molecule has 4 aliphatic heterocycles. The van der Waals surface area contributed by atoms with Crippen LogP contribution in [-0.4, -0.2) is 66.5 Å². The fourth-order valence-corrected chi connectivity index (χ4v) is 8.99. The van der Waals surface area contributed by atoms with E-state index in [1.54, 1.807) is 0 Å². The van der Waals surface area contributed by atoms with Crippen LogP contribution in [0, 0.1) is 0 Å². The average Bonchev–Trinajstić information content (AvgIpc) is 3.90. The minimum Gasteiger partial charge on any atom is -0.519 e. The Morgan fingerprint density at radius 1 is 0.768 bits per heavy atom. The van der Waals surface area contributed by atoms with Gasteiger partial charge in [-0.15, -0.1) is 0 Å². The van der Waals surface area contributed by atoms with Gasteiger partial charge >= 0.3 is 7.12 Å². The van der Waals surface area contributed by atoms with E-state index in [-0.39, 0.29) is 11.8 Å². The van der Waals surface area contributed by atoms with Gasteiger partial charge in [-0.3, -0.25) is 9.59 Å². The highest BCUT2D eigenvalue weighted by molar-refractivity contribution is 6.66. The van der Waals surface area contributed by atoms with Crippen LogP contribution in [0.15, 0.2) is 90.5 Å². The molecular formula is C45H48BN5O5. The highest BCUT2D eigenvalue weighted by Gasteiger charge is 2.40. The number of hydrogen-bond acceptors (Lipinski definition) is 7. The number of rotatable bonds is 8. The first-order valence-electron chi connectivity index (χ1n) is 20.0. The van der Waals surface area contributed by atoms with Crippen molar-refractivity contribution in [3.05, 3.63) is 124 Å². The summed E-state index contributed by atoms with van der Waals surface area (Å²) in [7, 11) is -0.712. The van der Waals surface area contributed by atoms with Gasteiger partial charge in [-0.05, 0) is 102 Å². The maximum Gasteiger partial charge on any atom is 0.633 e. The zero-order chi connectivity index (χ0) is 38.3. The van der Waals surface area contributed by atoms with Crippen molar-refractivity contribution in [1.29, 1.82) is 0 Å². The molecule has 0 aliphatic carbocycles. The van der Waals surface area contributed by atoms with E-state index in [1.165, 1.54) is 11.1 Å². The standard InChI is InChI=1S/C45H48BN5O5/c1-28-35(23-42(52)50-17-13-31(14-18-50)33-7-2-5-29(21-33)25-47)27-54-43-36(28)11-12-41-44(43)56-46(55-41)38-9-4-10-39-37(38)24-40(49-39)45(53)51-19-15-32(16-20-51)34-8-3-6-30(22-34)26-48/h2-12,21-22,24,31-32,49H,13-20,23,25-27,47-48H2,1H3. The third-order valence-corrected chi connectivity index (χ3v) is 12.4. The van der Waals surface area contributed by atoms with E-state index >= 15 is 0 Å². The number of hydrogen-bond donors (Lipinski definition) is 3. The van der Waals surface area contributed by atoms with Gasteiger partial charge in [0.1, 0.15) is 18.1 Å². The lowest BCUT2D eigenvalue weighted by molar-refractivity contribution is -0.131. The molecule has 0 spiro atoms. The van der Waals surface area contributed by atoms with Crippen LogP contribution >= 0.6 is 0 Å². The van der Waals surface area contributed by atoms with Crippen LogP contribution < -0.4 is 31.0 Å². The van der Waals surface area contributed by atoms with Gasteiger partial charge in [0.2, 0.25) is 5.91 Å². The zero-order valence-electron chi connectivity index (χ0n) is 31.9. The number of nitrogens with two attached hydrogens (primary N) is 2. The number of amides is 2. The summed E-state index contributed by atoms with van der Waals surface area (Å²) in [6.07, 6.45) is 4.04. The fraction of sp³-hybridized carbons (Fsp3) is 0.333. The Hall–Kier alpha value is -5.52. The third-order valence-electron chi connectivity index (χ3n) is 12.4. The van der Waals surface area contributed by atoms with Crippen molar-refractivity contribution in [2.24, 2.45) is 11.5 Å². The zero-order valence-corrected chi connectivity index (χ0v) is 31.9. The summed E-state index contributed by atoms with van der Waals surface area (Å²) in [6, 6.07) is 28.7. The number of H-pyrrole nitrogens is 1. The Kier molecular flexibility index (Phi) is 9.81. The summed E-state index contributed by atoms with van der Waals surface area (Å²) < 4.78 is 19.2. The predicted molar refractivity (Wildman–Crippen MR) is 219 cm³/mol. The first kappa shape index (κ1) is 36.1. The minimum absolute atomic E-state index is 0.00466. The van der Waals surface area contributed by atoms with E-state index in [9.17, 15) is 9.59 Å². The molecule has 0 atom stereocenters. The van der Waals surface area contributed by atoms with Crippen molar-refractivity contribution in [2.45, 2.75) is 64.0 Å². The molecule has 5 heterocycles. The lowest BCUT2D eigenvalue weighted by Gasteiger charge is -2.33. The summed E-state index contributed by atoms with van der Waals surface area (Å²) in [4.78, 5) is 34.6. The molecule has 0 saturated carbocycles. The lowest BCUT2D eigenvalue weighted by atomic mass is 9.77. The molecule has 5 aromatic rings. The quantitative estimate of drug-likeness (QED) is 0.160. The van der Waals surface area contributed by atoms with Crippen molar-refractivity contribution in [1.82, 2.24) is 14.8 Å². The van der Waals surface area contributed by atoms with Gasteiger partial charge in [0.25, 0.3) is 5.91 Å². The monoisotopic (exact) mass is 749 g/mol. The maximum absolute atomic E-state index is 13.8. The molecule has 4 aromatic carbocycles. The minimum atomic E-state index is -0.712. The van der Waals surface area contributed by atoms with Crippen LogP contribution in [0.4, 0.5) is 0 Å². The van der Waals surface area contributed by atoms with Gasteiger partial charge in [0.05, 0.1) is 6.42 Å². The number of piperidine rings is 2. The Morgan fingerprint density at radius 3 is 2.07 bits per heavy atom. The molecule has 1 aromatic heterocycles. The number of carbonyl (C=O) groups is 2. The number of fused-ring (bicyclic) bond motifs is 4. The van der Waals surface area contributed by atoms with Crippen LogP contribution in [0.2, 0.25) is 0 Å². The van der Waals surface area contributed by atoms with Gasteiger partial charge in [-0.2, -0.15) is 0 Å². The molecule has 286 valence electrons. The average molecular weight is 750 g/mol. The van der Waals surface area contributed by atoms with E-state index in [2.05, 4.69) is 60.4 Å². The second-order valence-electron chi connectivity index (χ2n) is 15.6. The van der Waals surface area contributed by atoms with Gasteiger partial charge in [0, 0.05) is 61.2 Å². The summed E-state index contributed by atoms with van der Waals surface area (Å²) >= 11 is 0. The Balaban J connectivity index is 0.856. The maximum atomic E-state index is 13.8. The Morgan fingerprint density at radius 2 is 1.41 bits per heavy atom. The number of benzene rings is 4. The van der Waals surface area contributed by atoms with E-state index < -0.39 is 7.12 Å². The van der Waals surface area contributed by atoms with E-state index in [1.807, 2.05) is 46.2 Å². The topological polar surface area (TPSA) is 136 Å². The van der Waals surface area contributed by atoms with Gasteiger partial charge in [0.15, 0.2) is 11.5 Å². The first-order chi connectivity index (χ1) is 27.4. The summed E-state index contributed by atoms with van der Waals surface area (Å²) in [5, 5.41) is 0.877. The molecule has 4 aliphatic rings. The van der Waals surface area contributed by atoms with Crippen molar-refractivity contribution in [2.75, 3.05) is 32.8 Å². The first-order valence-corrected chi connectivity index (χ1v) is 20.0. The predicted octanol–water partition coefficient (Wildman–Crippen LogP) is 6.23. The molecule has 2 amide bonds. The molecule has 2 fully saturated rings. The molecule has 56 heavy (non-hydrogen) atoms. The molecule has 0 radical (unpaired) electrons. The van der Waals surface area contributed by atoms with Crippen LogP contribution in [0.25, 0.3) is 16.5 Å². The lowest BCUT2D eigenvalue weighted by Crippen LogP contribution is -2.39. The number of likely N-dealkylation sites (tertiary alicyclic amines) is 2. The molecule has 0 unspecified atom stereocenters. The third kappa shape index (κ3) is 6.83. The summed E-state index contributed by atoms with van der Waals surface area (Å²) in [6.45, 7) is 6.32. The van der Waals surface area contributed by atoms with E-state index in [4.69, 9.17) is 25.5 Å². The van der Waals surface area contributed by atoms with Gasteiger partial charge in [-0.25, -0.2) is 0 Å².